The van der Waals surface area contributed by atoms with E-state index >= 15 is 0 Å². The summed E-state index contributed by atoms with van der Waals surface area (Å²) in [4.78, 5) is 24.9. The number of carboxylic acid groups (broad SMARTS) is 1. The van der Waals surface area contributed by atoms with Crippen molar-refractivity contribution in [1.82, 2.24) is 10.2 Å². The van der Waals surface area contributed by atoms with Gasteiger partial charge in [0.15, 0.2) is 0 Å². The fourth-order valence-corrected chi connectivity index (χ4v) is 3.20. The van der Waals surface area contributed by atoms with Gasteiger partial charge in [0.2, 0.25) is 5.91 Å². The SMILES string of the molecule is CC(CC(=O)O)CC(=O)NC1CCN2CCCC12. The monoisotopic (exact) mass is 254 g/mol. The third-order valence-corrected chi connectivity index (χ3v) is 4.01. The summed E-state index contributed by atoms with van der Waals surface area (Å²) in [6.07, 6.45) is 3.81. The Bertz CT molecular complexity index is 332. The molecule has 5 heteroatoms. The number of nitrogens with one attached hydrogen (secondary N) is 1. The van der Waals surface area contributed by atoms with Gasteiger partial charge in [0, 0.05) is 31.5 Å². The highest BCUT2D eigenvalue weighted by Gasteiger charge is 2.37. The van der Waals surface area contributed by atoms with Crippen LogP contribution in [0.5, 0.6) is 0 Å². The Hall–Kier alpha value is -1.10. The summed E-state index contributed by atoms with van der Waals surface area (Å²) >= 11 is 0. The van der Waals surface area contributed by atoms with Gasteiger partial charge in [-0.3, -0.25) is 14.5 Å². The molecule has 2 N–H and O–H groups in total. The van der Waals surface area contributed by atoms with Crippen molar-refractivity contribution in [2.45, 2.75) is 51.1 Å². The van der Waals surface area contributed by atoms with E-state index in [9.17, 15) is 9.59 Å². The molecule has 18 heavy (non-hydrogen) atoms. The molecule has 0 aromatic carbocycles. The third kappa shape index (κ3) is 3.22. The van der Waals surface area contributed by atoms with Crippen LogP contribution >= 0.6 is 0 Å². The van der Waals surface area contributed by atoms with Crippen molar-refractivity contribution in [3.05, 3.63) is 0 Å². The molecule has 0 saturated carbocycles. The van der Waals surface area contributed by atoms with Gasteiger partial charge in [0.1, 0.15) is 0 Å². The van der Waals surface area contributed by atoms with E-state index in [-0.39, 0.29) is 24.3 Å². The molecule has 3 unspecified atom stereocenters. The number of amides is 1. The van der Waals surface area contributed by atoms with Gasteiger partial charge in [-0.25, -0.2) is 0 Å². The predicted molar refractivity (Wildman–Crippen MR) is 67.2 cm³/mol. The molecule has 0 spiro atoms. The first-order valence-corrected chi connectivity index (χ1v) is 6.81. The van der Waals surface area contributed by atoms with Crippen LogP contribution in [0, 0.1) is 5.92 Å². The van der Waals surface area contributed by atoms with Crippen molar-refractivity contribution in [1.29, 1.82) is 0 Å². The Morgan fingerprint density at radius 1 is 1.33 bits per heavy atom. The average molecular weight is 254 g/mol. The van der Waals surface area contributed by atoms with Gasteiger partial charge in [-0.2, -0.15) is 0 Å². The minimum absolute atomic E-state index is 0.00231. The number of rotatable bonds is 5. The van der Waals surface area contributed by atoms with E-state index < -0.39 is 5.97 Å². The minimum Gasteiger partial charge on any atom is -0.481 e. The van der Waals surface area contributed by atoms with Crippen molar-refractivity contribution >= 4 is 11.9 Å². The zero-order chi connectivity index (χ0) is 13.1. The Labute approximate surface area is 108 Å². The van der Waals surface area contributed by atoms with E-state index in [0.29, 0.717) is 12.5 Å². The molecule has 0 aromatic rings. The first kappa shape index (κ1) is 13.3. The lowest BCUT2D eigenvalue weighted by Gasteiger charge is -2.21. The minimum atomic E-state index is -0.835. The van der Waals surface area contributed by atoms with Crippen LogP contribution in [0.2, 0.25) is 0 Å². The molecular formula is C13H22N2O3. The molecule has 0 radical (unpaired) electrons. The van der Waals surface area contributed by atoms with Gasteiger partial charge < -0.3 is 10.4 Å². The second-order valence-corrected chi connectivity index (χ2v) is 5.62. The number of hydrogen-bond acceptors (Lipinski definition) is 3. The van der Waals surface area contributed by atoms with Crippen LogP contribution < -0.4 is 5.32 Å². The highest BCUT2D eigenvalue weighted by molar-refractivity contribution is 5.77. The van der Waals surface area contributed by atoms with Crippen LogP contribution in [0.3, 0.4) is 0 Å². The zero-order valence-electron chi connectivity index (χ0n) is 10.9. The van der Waals surface area contributed by atoms with Gasteiger partial charge in [0.05, 0.1) is 0 Å². The molecule has 3 atom stereocenters. The van der Waals surface area contributed by atoms with Crippen molar-refractivity contribution in [3.8, 4) is 0 Å². The van der Waals surface area contributed by atoms with Crippen molar-refractivity contribution in [2.75, 3.05) is 13.1 Å². The summed E-state index contributed by atoms with van der Waals surface area (Å²) in [6.45, 7) is 4.05. The largest absolute Gasteiger partial charge is 0.481 e. The maximum atomic E-state index is 11.9. The zero-order valence-corrected chi connectivity index (χ0v) is 10.9. The Kier molecular flexibility index (Phi) is 4.22. The highest BCUT2D eigenvalue weighted by Crippen LogP contribution is 2.28. The van der Waals surface area contributed by atoms with Crippen LogP contribution in [0.25, 0.3) is 0 Å². The lowest BCUT2D eigenvalue weighted by molar-refractivity contribution is -0.138. The molecule has 2 aliphatic rings. The molecule has 2 fully saturated rings. The molecule has 2 heterocycles. The second-order valence-electron chi connectivity index (χ2n) is 5.62. The molecule has 102 valence electrons. The van der Waals surface area contributed by atoms with Gasteiger partial charge in [0.25, 0.3) is 0 Å². The molecule has 0 aromatic heterocycles. The maximum Gasteiger partial charge on any atom is 0.303 e. The van der Waals surface area contributed by atoms with Gasteiger partial charge >= 0.3 is 5.97 Å². The average Bonchev–Trinajstić information content (AvgIpc) is 2.81. The van der Waals surface area contributed by atoms with E-state index in [4.69, 9.17) is 5.11 Å². The van der Waals surface area contributed by atoms with Gasteiger partial charge in [-0.1, -0.05) is 6.92 Å². The number of carbonyl (C=O) groups is 2. The number of fused-ring (bicyclic) bond motifs is 1. The number of nitrogens with zero attached hydrogens (tertiary/aromatic N) is 1. The van der Waals surface area contributed by atoms with Gasteiger partial charge in [-0.05, 0) is 31.7 Å². The van der Waals surface area contributed by atoms with Crippen LogP contribution in [-0.4, -0.2) is 47.1 Å². The first-order chi connectivity index (χ1) is 8.56. The number of carbonyl (C=O) groups excluding carboxylic acids is 1. The molecule has 0 bridgehead atoms. The number of hydrogen-bond donors (Lipinski definition) is 2. The normalized spacial score (nSPS) is 28.9. The third-order valence-electron chi connectivity index (χ3n) is 4.01. The summed E-state index contributed by atoms with van der Waals surface area (Å²) in [5.41, 5.74) is 0. The van der Waals surface area contributed by atoms with E-state index in [0.717, 1.165) is 19.5 Å². The van der Waals surface area contributed by atoms with E-state index in [2.05, 4.69) is 10.2 Å². The number of aliphatic carboxylic acids is 1. The summed E-state index contributed by atoms with van der Waals surface area (Å²) in [5, 5.41) is 11.7. The van der Waals surface area contributed by atoms with Gasteiger partial charge in [-0.15, -0.1) is 0 Å². The van der Waals surface area contributed by atoms with Crippen LogP contribution in [0.15, 0.2) is 0 Å². The van der Waals surface area contributed by atoms with Crippen molar-refractivity contribution in [3.63, 3.8) is 0 Å². The smallest absolute Gasteiger partial charge is 0.303 e. The molecular weight excluding hydrogens is 232 g/mol. The molecule has 2 rings (SSSR count). The molecule has 2 saturated heterocycles. The molecule has 0 aliphatic carbocycles. The Balaban J connectivity index is 1.75. The maximum absolute atomic E-state index is 11.9. The second kappa shape index (κ2) is 5.69. The summed E-state index contributed by atoms with van der Waals surface area (Å²) in [6, 6.07) is 0.792. The van der Waals surface area contributed by atoms with Crippen molar-refractivity contribution in [2.24, 2.45) is 5.92 Å². The summed E-state index contributed by atoms with van der Waals surface area (Å²) in [7, 11) is 0. The summed E-state index contributed by atoms with van der Waals surface area (Å²) in [5.74, 6) is -0.927. The Morgan fingerprint density at radius 3 is 2.83 bits per heavy atom. The van der Waals surface area contributed by atoms with E-state index in [1.165, 1.54) is 12.8 Å². The standard InChI is InChI=1S/C13H22N2O3/c1-9(8-13(17)18)7-12(16)14-10-4-6-15-5-2-3-11(10)15/h9-11H,2-8H2,1H3,(H,14,16)(H,17,18). The fraction of sp³-hybridized carbons (Fsp3) is 0.846. The van der Waals surface area contributed by atoms with E-state index in [1.54, 1.807) is 0 Å². The molecule has 5 nitrogen and oxygen atoms in total. The first-order valence-electron chi connectivity index (χ1n) is 6.81. The lowest BCUT2D eigenvalue weighted by atomic mass is 10.0. The van der Waals surface area contributed by atoms with E-state index in [1.807, 2.05) is 6.92 Å². The number of carboxylic acids is 1. The quantitative estimate of drug-likeness (QED) is 0.763. The summed E-state index contributed by atoms with van der Waals surface area (Å²) < 4.78 is 0. The van der Waals surface area contributed by atoms with Crippen LogP contribution in [-0.2, 0) is 9.59 Å². The topological polar surface area (TPSA) is 69.6 Å². The predicted octanol–water partition coefficient (Wildman–Crippen LogP) is 0.840. The Morgan fingerprint density at radius 2 is 2.11 bits per heavy atom. The molecule has 2 aliphatic heterocycles. The van der Waals surface area contributed by atoms with Crippen molar-refractivity contribution < 1.29 is 14.7 Å². The van der Waals surface area contributed by atoms with Crippen LogP contribution in [0.4, 0.5) is 0 Å². The van der Waals surface area contributed by atoms with Crippen LogP contribution in [0.1, 0.15) is 39.0 Å². The lowest BCUT2D eigenvalue weighted by Crippen LogP contribution is -2.42. The highest BCUT2D eigenvalue weighted by atomic mass is 16.4. The molecule has 1 amide bonds. The fourth-order valence-electron chi connectivity index (χ4n) is 3.20.